The molecule has 0 spiro atoms. The molecule has 8 aliphatic heterocycles. The molecular formula is C101H89BrClN13O4S4. The van der Waals surface area contributed by atoms with Gasteiger partial charge in [-0.1, -0.05) is 246 Å². The first-order chi connectivity index (χ1) is 60.8. The van der Waals surface area contributed by atoms with E-state index in [2.05, 4.69) is 123 Å². The standard InChI is InChI=1S/C26H22N4OS.C25H22BrN3OS.C25H22ClN3OS.C25H23N3OS/c27-17-19-8-2-3-9-20(19)25-21-10-4-5-11-23(21)32-24-13-12-18(16-22(24)28-25)26(31)29-30-14-6-1-7-15-30;26-19-8-6-7-17(15-19)24-20-9-2-3-10-22(20)31-23-12-11-18(16-21(23)27-24)25(30)28-29-13-4-1-5-14-29;26-19-11-8-17(9-12-19)24-20-6-2-3-7-22(20)31-23-13-10-18(16-21(23)27-24)25(30)28-29-14-4-1-5-15-29;29-25(27-28-15-7-2-8-16-28)19-13-14-23-21(17-19)26-24(18-9-3-1-4-10-18)20-11-5-6-12-22(20)30-23/h2-5,8-13,16H,1,6-7,14-15H2,(H,29,31);2-3,6-12,15-16H,1,4-5,13-14H2,(H,28,30);2-3,6-13,16H,1,4-5,14-15H2,(H,28,30);1,3-6,9-14,17H,2,7-8,15-16H2,(H,27,29). The predicted octanol–water partition coefficient (Wildman–Crippen LogP) is 23.1. The van der Waals surface area contributed by atoms with Gasteiger partial charge in [0.2, 0.25) is 0 Å². The summed E-state index contributed by atoms with van der Waals surface area (Å²) in [6.45, 7) is 7.22. The minimum absolute atomic E-state index is 0.0667. The lowest BCUT2D eigenvalue weighted by Gasteiger charge is -2.26. The molecule has 0 aliphatic carbocycles. The third kappa shape index (κ3) is 20.7. The van der Waals surface area contributed by atoms with E-state index in [4.69, 9.17) is 31.6 Å². The molecule has 0 bridgehead atoms. The van der Waals surface area contributed by atoms with Gasteiger partial charge < -0.3 is 0 Å². The molecule has 20 rings (SSSR count). The first-order valence-corrected chi connectivity index (χ1v) is 46.6. The average molecular weight is 1790 g/mol. The van der Waals surface area contributed by atoms with Crippen LogP contribution in [0.2, 0.25) is 5.02 Å². The van der Waals surface area contributed by atoms with Crippen LogP contribution in [0.25, 0.3) is 0 Å². The van der Waals surface area contributed by atoms with E-state index in [0.29, 0.717) is 32.8 Å². The summed E-state index contributed by atoms with van der Waals surface area (Å²) in [5.41, 5.74) is 30.1. The van der Waals surface area contributed by atoms with Crippen molar-refractivity contribution in [1.29, 1.82) is 5.26 Å². The summed E-state index contributed by atoms with van der Waals surface area (Å²) in [6.07, 6.45) is 13.9. The van der Waals surface area contributed by atoms with Crippen LogP contribution in [0.5, 0.6) is 0 Å². The lowest BCUT2D eigenvalue weighted by Crippen LogP contribution is -2.45. The number of fused-ring (bicyclic) bond motifs is 8. The fourth-order valence-corrected chi connectivity index (χ4v) is 20.4. The molecule has 23 heteroatoms. The van der Waals surface area contributed by atoms with E-state index in [-0.39, 0.29) is 23.6 Å². The van der Waals surface area contributed by atoms with E-state index in [1.165, 1.54) is 30.6 Å². The molecule has 12 aromatic carbocycles. The number of rotatable bonds is 12. The zero-order valence-electron chi connectivity index (χ0n) is 68.2. The van der Waals surface area contributed by atoms with E-state index < -0.39 is 0 Å². The summed E-state index contributed by atoms with van der Waals surface area (Å²) in [5, 5.41) is 18.4. The number of piperidine rings is 4. The summed E-state index contributed by atoms with van der Waals surface area (Å²) in [4.78, 5) is 80.3. The van der Waals surface area contributed by atoms with Gasteiger partial charge in [-0.2, -0.15) is 5.26 Å². The number of nitrogens with zero attached hydrogens (tertiary/aromatic N) is 9. The molecule has 0 aromatic heterocycles. The summed E-state index contributed by atoms with van der Waals surface area (Å²) in [7, 11) is 0. The summed E-state index contributed by atoms with van der Waals surface area (Å²) < 4.78 is 1.01. The molecular weight excluding hydrogens is 1700 g/mol. The van der Waals surface area contributed by atoms with Crippen LogP contribution < -0.4 is 21.7 Å². The zero-order chi connectivity index (χ0) is 84.7. The van der Waals surface area contributed by atoms with Crippen molar-refractivity contribution in [1.82, 2.24) is 41.7 Å². The number of nitriles is 1. The molecule has 0 unspecified atom stereocenters. The number of amides is 4. The highest BCUT2D eigenvalue weighted by molar-refractivity contribution is 9.10. The molecule has 8 heterocycles. The van der Waals surface area contributed by atoms with E-state index in [0.717, 1.165) is 233 Å². The van der Waals surface area contributed by atoms with Crippen LogP contribution in [0.4, 0.5) is 22.7 Å². The Morgan fingerprint density at radius 1 is 0.298 bits per heavy atom. The number of halogens is 2. The fraction of sp³-hybridized carbons (Fsp3) is 0.198. The third-order valence-electron chi connectivity index (χ3n) is 22.3. The Labute approximate surface area is 753 Å². The van der Waals surface area contributed by atoms with Gasteiger partial charge in [0.15, 0.2) is 0 Å². The monoisotopic (exact) mass is 1790 g/mol. The highest BCUT2D eigenvalue weighted by Crippen LogP contribution is 2.47. The zero-order valence-corrected chi connectivity index (χ0v) is 73.8. The Bertz CT molecular complexity index is 6180. The van der Waals surface area contributed by atoms with Gasteiger partial charge in [-0.15, -0.1) is 0 Å². The number of hydrogen-bond donors (Lipinski definition) is 4. The number of carbonyl (C=O) groups excluding carboxylic acids is 4. The van der Waals surface area contributed by atoms with E-state index in [1.54, 1.807) is 47.0 Å². The largest absolute Gasteiger partial charge is 0.285 e. The molecule has 620 valence electrons. The van der Waals surface area contributed by atoms with Crippen LogP contribution in [0.1, 0.15) is 169 Å². The minimum Gasteiger partial charge on any atom is -0.285 e. The van der Waals surface area contributed by atoms with Gasteiger partial charge in [0.25, 0.3) is 23.6 Å². The van der Waals surface area contributed by atoms with Crippen LogP contribution in [-0.2, 0) is 0 Å². The lowest BCUT2D eigenvalue weighted by atomic mass is 9.97. The number of nitrogens with one attached hydrogen (secondary N) is 4. The molecule has 0 radical (unpaired) electrons. The summed E-state index contributed by atoms with van der Waals surface area (Å²) in [5.74, 6) is -0.339. The maximum Gasteiger partial charge on any atom is 0.265 e. The molecule has 4 amide bonds. The van der Waals surface area contributed by atoms with Crippen molar-refractivity contribution >= 4 is 144 Å². The molecule has 8 aliphatic rings. The topological polar surface area (TPSA) is 203 Å². The average Bonchev–Trinajstić information content (AvgIpc) is 1.63. The van der Waals surface area contributed by atoms with Crippen molar-refractivity contribution < 1.29 is 19.2 Å². The normalized spacial score (nSPS) is 15.9. The van der Waals surface area contributed by atoms with Crippen molar-refractivity contribution in [2.45, 2.75) is 116 Å². The molecule has 4 N–H and O–H groups in total. The van der Waals surface area contributed by atoms with Gasteiger partial charge in [0.05, 0.1) is 57.2 Å². The predicted molar refractivity (Wildman–Crippen MR) is 504 cm³/mol. The number of hydrazine groups is 4. The van der Waals surface area contributed by atoms with Crippen molar-refractivity contribution in [3.8, 4) is 6.07 Å². The second-order valence-electron chi connectivity index (χ2n) is 31.0. The Hall–Kier alpha value is -11.3. The van der Waals surface area contributed by atoms with Crippen molar-refractivity contribution in [2.75, 3.05) is 52.4 Å². The minimum atomic E-state index is -0.115. The molecule has 17 nitrogen and oxygen atoms in total. The molecule has 12 aromatic rings. The van der Waals surface area contributed by atoms with Gasteiger partial charge in [-0.25, -0.2) is 40.0 Å². The molecule has 124 heavy (non-hydrogen) atoms. The molecule has 0 atom stereocenters. The maximum atomic E-state index is 12.9. The van der Waals surface area contributed by atoms with E-state index in [1.807, 2.05) is 214 Å². The summed E-state index contributed by atoms with van der Waals surface area (Å²) in [6, 6.07) is 92.1. The van der Waals surface area contributed by atoms with Gasteiger partial charge in [-0.05, 0) is 179 Å². The van der Waals surface area contributed by atoms with Gasteiger partial charge in [0.1, 0.15) is 0 Å². The smallest absolute Gasteiger partial charge is 0.265 e. The SMILES string of the molecule is N#Cc1ccccc1C1=Nc2cc(C(=O)NN3CCCCC3)ccc2Sc2ccccc21.O=C(NN1CCCCC1)c1ccc2c(c1)N=C(c1ccc(Cl)cc1)c1ccccc1S2.O=C(NN1CCCCC1)c1ccc2c(c1)N=C(c1cccc(Br)c1)c1ccccc1S2.O=C(NN1CCCCC1)c1ccc2c(c1)N=C(c1ccccc1)c1ccccc1S2. The highest BCUT2D eigenvalue weighted by Gasteiger charge is 2.28. The third-order valence-corrected chi connectivity index (χ3v) is 27.6. The van der Waals surface area contributed by atoms with Gasteiger partial charge >= 0.3 is 0 Å². The van der Waals surface area contributed by atoms with Crippen LogP contribution in [0.15, 0.2) is 337 Å². The second kappa shape index (κ2) is 40.6. The van der Waals surface area contributed by atoms with Gasteiger partial charge in [-0.3, -0.25) is 40.9 Å². The van der Waals surface area contributed by atoms with Crippen molar-refractivity contribution in [3.63, 3.8) is 0 Å². The first kappa shape index (κ1) is 84.9. The van der Waals surface area contributed by atoms with E-state index >= 15 is 0 Å². The Morgan fingerprint density at radius 3 is 0.935 bits per heavy atom. The molecule has 4 fully saturated rings. The summed E-state index contributed by atoms with van der Waals surface area (Å²) >= 11 is 16.4. The van der Waals surface area contributed by atoms with Gasteiger partial charge in [0, 0.05) is 168 Å². The highest BCUT2D eigenvalue weighted by atomic mass is 79.9. The van der Waals surface area contributed by atoms with Crippen LogP contribution in [0.3, 0.4) is 0 Å². The Balaban J connectivity index is 0.000000117. The first-order valence-electron chi connectivity index (χ1n) is 42.2. The maximum absolute atomic E-state index is 12.9. The lowest BCUT2D eigenvalue weighted by molar-refractivity contribution is 0.0743. The van der Waals surface area contributed by atoms with Crippen LogP contribution >= 0.6 is 74.6 Å². The van der Waals surface area contributed by atoms with Crippen molar-refractivity contribution in [3.05, 3.63) is 355 Å². The van der Waals surface area contributed by atoms with Crippen LogP contribution in [-0.4, -0.2) is 119 Å². The number of hydrogen-bond acceptors (Lipinski definition) is 17. The Morgan fingerprint density at radius 2 is 0.589 bits per heavy atom. The Kier molecular flexibility index (Phi) is 27.8. The van der Waals surface area contributed by atoms with Crippen LogP contribution in [0, 0.1) is 11.3 Å². The molecule has 0 saturated carbocycles. The fourth-order valence-electron chi connectivity index (χ4n) is 15.9. The molecule has 4 saturated heterocycles. The number of benzene rings is 12. The second-order valence-corrected chi connectivity index (χ2v) is 36.6. The quantitative estimate of drug-likeness (QED) is 0.0900. The van der Waals surface area contributed by atoms with E-state index in [9.17, 15) is 24.4 Å². The number of carbonyl (C=O) groups is 4. The number of aliphatic imine (C=N–C) groups is 4. The van der Waals surface area contributed by atoms with Crippen molar-refractivity contribution in [2.24, 2.45) is 20.0 Å².